The van der Waals surface area contributed by atoms with Crippen LogP contribution >= 0.6 is 11.8 Å². The van der Waals surface area contributed by atoms with Gasteiger partial charge in [0.15, 0.2) is 0 Å². The molecule has 2 rings (SSSR count). The summed E-state index contributed by atoms with van der Waals surface area (Å²) in [4.78, 5) is 1.25. The zero-order valence-electron chi connectivity index (χ0n) is 9.62. The van der Waals surface area contributed by atoms with Gasteiger partial charge in [0.2, 0.25) is 0 Å². The first-order valence-corrected chi connectivity index (χ1v) is 6.65. The van der Waals surface area contributed by atoms with Crippen LogP contribution in [-0.2, 0) is 0 Å². The van der Waals surface area contributed by atoms with Crippen LogP contribution in [0.3, 0.4) is 0 Å². The van der Waals surface area contributed by atoms with Gasteiger partial charge in [-0.1, -0.05) is 48.5 Å². The average Bonchev–Trinajstić information content (AvgIpc) is 2.40. The van der Waals surface area contributed by atoms with Crippen molar-refractivity contribution in [1.82, 2.24) is 0 Å². The lowest BCUT2D eigenvalue weighted by Crippen LogP contribution is -1.97. The van der Waals surface area contributed by atoms with E-state index in [0.717, 1.165) is 6.42 Å². The van der Waals surface area contributed by atoms with Crippen LogP contribution in [0.5, 0.6) is 0 Å². The lowest BCUT2D eigenvalue weighted by atomic mass is 10.1. The van der Waals surface area contributed by atoms with Gasteiger partial charge in [0.05, 0.1) is 0 Å². The minimum atomic E-state index is 0.222. The zero-order valence-corrected chi connectivity index (χ0v) is 10.4. The molecule has 1 nitrogen and oxygen atoms in total. The monoisotopic (exact) mass is 244 g/mol. The van der Waals surface area contributed by atoms with Crippen LogP contribution in [0.25, 0.3) is 0 Å². The van der Waals surface area contributed by atoms with Crippen LogP contribution in [0.2, 0.25) is 0 Å². The van der Waals surface area contributed by atoms with Gasteiger partial charge in [0.25, 0.3) is 0 Å². The predicted molar refractivity (Wildman–Crippen MR) is 73.2 cm³/mol. The Morgan fingerprint density at radius 1 is 0.882 bits per heavy atom. The highest BCUT2D eigenvalue weighted by Crippen LogP contribution is 2.37. The van der Waals surface area contributed by atoms with Gasteiger partial charge in [-0.3, -0.25) is 0 Å². The molecular weight excluding hydrogens is 228 g/mol. The first-order chi connectivity index (χ1) is 8.40. The zero-order chi connectivity index (χ0) is 11.9. The molecule has 0 aromatic heterocycles. The fourth-order valence-corrected chi connectivity index (χ4v) is 2.90. The minimum absolute atomic E-state index is 0.222. The molecule has 0 fully saturated rings. The van der Waals surface area contributed by atoms with Gasteiger partial charge in [0, 0.05) is 16.8 Å². The van der Waals surface area contributed by atoms with E-state index in [0.29, 0.717) is 5.25 Å². The van der Waals surface area contributed by atoms with Gasteiger partial charge in [-0.25, -0.2) is 0 Å². The standard InChI is InChI=1S/C15H16OS/c16-12-11-15(13-7-3-1-4-8-13)17-14-9-5-2-6-10-14/h1-10,15-16H,11-12H2/t15-/m0/s1. The van der Waals surface area contributed by atoms with E-state index in [4.69, 9.17) is 5.11 Å². The van der Waals surface area contributed by atoms with Gasteiger partial charge in [-0.15, -0.1) is 11.8 Å². The number of hydrogen-bond acceptors (Lipinski definition) is 2. The summed E-state index contributed by atoms with van der Waals surface area (Å²) in [5, 5.41) is 9.49. The Kier molecular flexibility index (Phi) is 4.65. The van der Waals surface area contributed by atoms with Crippen molar-refractivity contribution in [2.24, 2.45) is 0 Å². The summed E-state index contributed by atoms with van der Waals surface area (Å²) in [5.41, 5.74) is 1.27. The van der Waals surface area contributed by atoms with Crippen molar-refractivity contribution in [1.29, 1.82) is 0 Å². The Balaban J connectivity index is 2.13. The average molecular weight is 244 g/mol. The molecule has 0 radical (unpaired) electrons. The number of rotatable bonds is 5. The third-order valence-electron chi connectivity index (χ3n) is 2.58. The maximum absolute atomic E-state index is 9.16. The summed E-state index contributed by atoms with van der Waals surface area (Å²) in [6.45, 7) is 0.222. The van der Waals surface area contributed by atoms with E-state index in [1.807, 2.05) is 36.4 Å². The highest BCUT2D eigenvalue weighted by molar-refractivity contribution is 7.99. The summed E-state index contributed by atoms with van der Waals surface area (Å²) in [5.74, 6) is 0. The van der Waals surface area contributed by atoms with E-state index >= 15 is 0 Å². The van der Waals surface area contributed by atoms with Crippen molar-refractivity contribution in [2.75, 3.05) is 6.61 Å². The molecule has 1 atom stereocenters. The lowest BCUT2D eigenvalue weighted by Gasteiger charge is -2.15. The Bertz CT molecular complexity index is 427. The molecule has 0 heterocycles. The predicted octanol–water partition coefficient (Wildman–Crippen LogP) is 3.90. The molecule has 0 aliphatic rings. The fraction of sp³-hybridized carbons (Fsp3) is 0.200. The Labute approximate surface area is 107 Å². The Morgan fingerprint density at radius 3 is 2.06 bits per heavy atom. The second-order valence-corrected chi connectivity index (χ2v) is 5.12. The molecule has 0 spiro atoms. The van der Waals surface area contributed by atoms with Crippen molar-refractivity contribution in [2.45, 2.75) is 16.6 Å². The summed E-state index contributed by atoms with van der Waals surface area (Å²) >= 11 is 1.81. The van der Waals surface area contributed by atoms with E-state index in [2.05, 4.69) is 24.3 Å². The summed E-state index contributed by atoms with van der Waals surface area (Å²) in [6.07, 6.45) is 0.781. The lowest BCUT2D eigenvalue weighted by molar-refractivity contribution is 0.287. The largest absolute Gasteiger partial charge is 0.396 e. The van der Waals surface area contributed by atoms with E-state index in [1.165, 1.54) is 10.5 Å². The van der Waals surface area contributed by atoms with Crippen molar-refractivity contribution in [3.05, 3.63) is 66.2 Å². The number of benzene rings is 2. The van der Waals surface area contributed by atoms with Gasteiger partial charge in [-0.05, 0) is 24.1 Å². The fourth-order valence-electron chi connectivity index (χ4n) is 1.74. The summed E-state index contributed by atoms with van der Waals surface area (Å²) in [7, 11) is 0. The van der Waals surface area contributed by atoms with Gasteiger partial charge in [-0.2, -0.15) is 0 Å². The van der Waals surface area contributed by atoms with Crippen LogP contribution in [0.1, 0.15) is 17.2 Å². The Hall–Kier alpha value is -1.25. The molecular formula is C15H16OS. The molecule has 2 aromatic rings. The number of aliphatic hydroxyl groups excluding tert-OH is 1. The highest BCUT2D eigenvalue weighted by Gasteiger charge is 2.11. The van der Waals surface area contributed by atoms with Crippen molar-refractivity contribution in [3.63, 3.8) is 0 Å². The molecule has 0 saturated carbocycles. The number of hydrogen-bond donors (Lipinski definition) is 1. The van der Waals surface area contributed by atoms with Crippen molar-refractivity contribution in [3.8, 4) is 0 Å². The van der Waals surface area contributed by atoms with Crippen LogP contribution in [0, 0.1) is 0 Å². The minimum Gasteiger partial charge on any atom is -0.396 e. The second-order valence-electron chi connectivity index (χ2n) is 3.84. The number of thioether (sulfide) groups is 1. The molecule has 0 saturated heterocycles. The topological polar surface area (TPSA) is 20.2 Å². The van der Waals surface area contributed by atoms with Crippen LogP contribution < -0.4 is 0 Å². The van der Waals surface area contributed by atoms with Gasteiger partial charge >= 0.3 is 0 Å². The third kappa shape index (κ3) is 3.62. The van der Waals surface area contributed by atoms with E-state index < -0.39 is 0 Å². The second kappa shape index (κ2) is 6.48. The molecule has 2 aromatic carbocycles. The van der Waals surface area contributed by atoms with Gasteiger partial charge < -0.3 is 5.11 Å². The number of aliphatic hydroxyl groups is 1. The molecule has 1 N–H and O–H groups in total. The first kappa shape index (κ1) is 12.2. The molecule has 0 unspecified atom stereocenters. The van der Waals surface area contributed by atoms with Crippen LogP contribution in [-0.4, -0.2) is 11.7 Å². The molecule has 2 heteroatoms. The van der Waals surface area contributed by atoms with Gasteiger partial charge in [0.1, 0.15) is 0 Å². The SMILES string of the molecule is OCC[C@H](Sc1ccccc1)c1ccccc1. The van der Waals surface area contributed by atoms with E-state index in [1.54, 1.807) is 11.8 Å². The summed E-state index contributed by atoms with van der Waals surface area (Å²) in [6, 6.07) is 20.7. The van der Waals surface area contributed by atoms with Crippen molar-refractivity contribution < 1.29 is 5.11 Å². The quantitative estimate of drug-likeness (QED) is 0.805. The third-order valence-corrected chi connectivity index (χ3v) is 3.92. The smallest absolute Gasteiger partial charge is 0.0444 e. The van der Waals surface area contributed by atoms with Crippen molar-refractivity contribution >= 4 is 11.8 Å². The molecule has 0 aliphatic carbocycles. The summed E-state index contributed by atoms with van der Waals surface area (Å²) < 4.78 is 0. The molecule has 88 valence electrons. The molecule has 17 heavy (non-hydrogen) atoms. The Morgan fingerprint density at radius 2 is 1.47 bits per heavy atom. The molecule has 0 bridgehead atoms. The molecule has 0 amide bonds. The maximum Gasteiger partial charge on any atom is 0.0444 e. The normalized spacial score (nSPS) is 12.3. The maximum atomic E-state index is 9.16. The van der Waals surface area contributed by atoms with Crippen LogP contribution in [0.4, 0.5) is 0 Å². The highest BCUT2D eigenvalue weighted by atomic mass is 32.2. The van der Waals surface area contributed by atoms with E-state index in [9.17, 15) is 0 Å². The first-order valence-electron chi connectivity index (χ1n) is 5.77. The molecule has 0 aliphatic heterocycles. The van der Waals surface area contributed by atoms with Crippen LogP contribution in [0.15, 0.2) is 65.6 Å². The van der Waals surface area contributed by atoms with E-state index in [-0.39, 0.29) is 6.61 Å².